The van der Waals surface area contributed by atoms with Gasteiger partial charge < -0.3 is 24.6 Å². The van der Waals surface area contributed by atoms with Crippen LogP contribution in [0.25, 0.3) is 0 Å². The molecule has 2 aliphatic heterocycles. The minimum absolute atomic E-state index is 0.0327. The van der Waals surface area contributed by atoms with Crippen molar-refractivity contribution in [3.05, 3.63) is 48.0 Å². The van der Waals surface area contributed by atoms with Gasteiger partial charge in [-0.3, -0.25) is 4.79 Å². The van der Waals surface area contributed by atoms with Crippen LogP contribution in [0.3, 0.4) is 0 Å². The zero-order valence-corrected chi connectivity index (χ0v) is 15.3. The number of urea groups is 1. The van der Waals surface area contributed by atoms with Crippen molar-refractivity contribution in [3.63, 3.8) is 0 Å². The highest BCUT2D eigenvalue weighted by Crippen LogP contribution is 2.36. The predicted octanol–water partition coefficient (Wildman–Crippen LogP) is 3.03. The first-order valence-corrected chi connectivity index (χ1v) is 8.82. The largest absolute Gasteiger partial charge is 0.497 e. The van der Waals surface area contributed by atoms with Gasteiger partial charge >= 0.3 is 6.03 Å². The first-order valence-electron chi connectivity index (χ1n) is 8.82. The number of fused-ring (bicyclic) bond motifs is 1. The number of carbonyl (C=O) groups excluding carboxylic acids is 2. The van der Waals surface area contributed by atoms with Crippen LogP contribution in [0.2, 0.25) is 0 Å². The Morgan fingerprint density at radius 2 is 2.11 bits per heavy atom. The number of rotatable bonds is 3. The maximum atomic E-state index is 12.7. The number of carbonyl (C=O) groups is 2. The summed E-state index contributed by atoms with van der Waals surface area (Å²) in [5.41, 5.74) is 2.33. The third-order valence-corrected chi connectivity index (χ3v) is 5.06. The molecule has 1 unspecified atom stereocenters. The van der Waals surface area contributed by atoms with E-state index in [1.54, 1.807) is 37.3 Å². The Bertz CT molecular complexity index is 899. The fourth-order valence-electron chi connectivity index (χ4n) is 3.37. The van der Waals surface area contributed by atoms with Gasteiger partial charge in [-0.25, -0.2) is 4.79 Å². The average molecular weight is 367 g/mol. The molecule has 0 spiro atoms. The van der Waals surface area contributed by atoms with Gasteiger partial charge in [0.2, 0.25) is 0 Å². The van der Waals surface area contributed by atoms with Gasteiger partial charge in [0, 0.05) is 19.3 Å². The van der Waals surface area contributed by atoms with Gasteiger partial charge in [0.05, 0.1) is 18.8 Å². The second-order valence-corrected chi connectivity index (χ2v) is 6.63. The van der Waals surface area contributed by atoms with Crippen molar-refractivity contribution in [2.45, 2.75) is 12.5 Å². The Kier molecular flexibility index (Phi) is 4.35. The summed E-state index contributed by atoms with van der Waals surface area (Å²) in [6.07, 6.45) is 0.913. The average Bonchev–Trinajstić information content (AvgIpc) is 2.64. The fourth-order valence-corrected chi connectivity index (χ4v) is 3.37. The van der Waals surface area contributed by atoms with E-state index in [9.17, 15) is 9.59 Å². The van der Waals surface area contributed by atoms with Gasteiger partial charge in [-0.2, -0.15) is 0 Å². The van der Waals surface area contributed by atoms with E-state index in [1.807, 2.05) is 24.3 Å². The molecular weight excluding hydrogens is 346 g/mol. The lowest BCUT2D eigenvalue weighted by Gasteiger charge is -2.41. The third kappa shape index (κ3) is 3.16. The molecule has 1 saturated heterocycles. The Morgan fingerprint density at radius 3 is 2.85 bits per heavy atom. The van der Waals surface area contributed by atoms with Gasteiger partial charge in [-0.1, -0.05) is 12.1 Å². The van der Waals surface area contributed by atoms with E-state index in [2.05, 4.69) is 5.32 Å². The molecule has 2 aliphatic rings. The SMILES string of the molecule is COc1cccc(C2CCN2C(=O)Nc2ccc3c(c2)N(C)C(=O)CO3)c1. The lowest BCUT2D eigenvalue weighted by molar-refractivity contribution is -0.120. The number of hydrogen-bond acceptors (Lipinski definition) is 4. The molecule has 0 aliphatic carbocycles. The van der Waals surface area contributed by atoms with Crippen molar-refractivity contribution in [2.75, 3.05) is 37.5 Å². The van der Waals surface area contributed by atoms with Crippen molar-refractivity contribution >= 4 is 23.3 Å². The minimum Gasteiger partial charge on any atom is -0.497 e. The number of ether oxygens (including phenoxy) is 2. The van der Waals surface area contributed by atoms with Gasteiger partial charge in [0.25, 0.3) is 5.91 Å². The quantitative estimate of drug-likeness (QED) is 0.905. The van der Waals surface area contributed by atoms with Crippen LogP contribution in [-0.2, 0) is 4.79 Å². The number of anilines is 2. The zero-order valence-electron chi connectivity index (χ0n) is 15.3. The van der Waals surface area contributed by atoms with Crippen LogP contribution in [-0.4, -0.2) is 44.1 Å². The molecule has 140 valence electrons. The number of likely N-dealkylation sites (N-methyl/N-ethyl adjacent to an activating group) is 1. The first-order chi connectivity index (χ1) is 13.1. The van der Waals surface area contributed by atoms with Crippen LogP contribution >= 0.6 is 0 Å². The predicted molar refractivity (Wildman–Crippen MR) is 101 cm³/mol. The standard InChI is InChI=1S/C20H21N3O4/c1-22-17-11-14(6-7-18(17)27-12-19(22)24)21-20(25)23-9-8-16(23)13-4-3-5-15(10-13)26-2/h3-7,10-11,16H,8-9,12H2,1-2H3,(H,21,25). The van der Waals surface area contributed by atoms with Crippen LogP contribution in [0.5, 0.6) is 11.5 Å². The van der Waals surface area contributed by atoms with Crippen LogP contribution in [0.1, 0.15) is 18.0 Å². The molecular formula is C20H21N3O4. The van der Waals surface area contributed by atoms with E-state index in [4.69, 9.17) is 9.47 Å². The summed E-state index contributed by atoms with van der Waals surface area (Å²) >= 11 is 0. The maximum absolute atomic E-state index is 12.7. The van der Waals surface area contributed by atoms with Crippen LogP contribution in [0, 0.1) is 0 Å². The molecule has 0 radical (unpaired) electrons. The van der Waals surface area contributed by atoms with Gasteiger partial charge in [-0.15, -0.1) is 0 Å². The Balaban J connectivity index is 1.49. The number of nitrogens with one attached hydrogen (secondary N) is 1. The maximum Gasteiger partial charge on any atom is 0.322 e. The summed E-state index contributed by atoms with van der Waals surface area (Å²) in [4.78, 5) is 27.9. The molecule has 7 nitrogen and oxygen atoms in total. The van der Waals surface area contributed by atoms with E-state index in [-0.39, 0.29) is 24.6 Å². The van der Waals surface area contributed by atoms with Gasteiger partial charge in [-0.05, 0) is 42.3 Å². The number of methoxy groups -OCH3 is 1. The lowest BCUT2D eigenvalue weighted by Crippen LogP contribution is -2.47. The van der Waals surface area contributed by atoms with Gasteiger partial charge in [0.15, 0.2) is 6.61 Å². The highest BCUT2D eigenvalue weighted by molar-refractivity contribution is 5.99. The lowest BCUT2D eigenvalue weighted by atomic mass is 9.95. The van der Waals surface area contributed by atoms with Crippen molar-refractivity contribution in [3.8, 4) is 11.5 Å². The molecule has 2 aromatic rings. The van der Waals surface area contributed by atoms with Crippen molar-refractivity contribution in [1.82, 2.24) is 4.90 Å². The highest BCUT2D eigenvalue weighted by atomic mass is 16.5. The van der Waals surface area contributed by atoms with E-state index < -0.39 is 0 Å². The zero-order chi connectivity index (χ0) is 19.0. The summed E-state index contributed by atoms with van der Waals surface area (Å²) in [7, 11) is 3.33. The molecule has 4 rings (SSSR count). The van der Waals surface area contributed by atoms with Crippen LogP contribution in [0.4, 0.5) is 16.2 Å². The van der Waals surface area contributed by atoms with Crippen LogP contribution in [0.15, 0.2) is 42.5 Å². The number of amides is 3. The Labute approximate surface area is 157 Å². The molecule has 1 atom stereocenters. The van der Waals surface area contributed by atoms with Crippen molar-refractivity contribution in [1.29, 1.82) is 0 Å². The summed E-state index contributed by atoms with van der Waals surface area (Å²) in [5.74, 6) is 1.29. The molecule has 3 amide bonds. The second-order valence-electron chi connectivity index (χ2n) is 6.63. The van der Waals surface area contributed by atoms with Crippen LogP contribution < -0.4 is 19.7 Å². The monoisotopic (exact) mass is 367 g/mol. The molecule has 0 saturated carbocycles. The van der Waals surface area contributed by atoms with E-state index in [1.165, 1.54) is 4.90 Å². The smallest absolute Gasteiger partial charge is 0.322 e. The molecule has 7 heteroatoms. The number of nitrogens with zero attached hydrogens (tertiary/aromatic N) is 2. The topological polar surface area (TPSA) is 71.1 Å². The molecule has 1 N–H and O–H groups in total. The third-order valence-electron chi connectivity index (χ3n) is 5.06. The van der Waals surface area contributed by atoms with Crippen molar-refractivity contribution < 1.29 is 19.1 Å². The van der Waals surface area contributed by atoms with Crippen molar-refractivity contribution in [2.24, 2.45) is 0 Å². The van der Waals surface area contributed by atoms with E-state index in [0.717, 1.165) is 17.7 Å². The number of hydrogen-bond donors (Lipinski definition) is 1. The molecule has 27 heavy (non-hydrogen) atoms. The van der Waals surface area contributed by atoms with E-state index >= 15 is 0 Å². The molecule has 0 bridgehead atoms. The Hall–Kier alpha value is -3.22. The molecule has 2 heterocycles. The first kappa shape index (κ1) is 17.2. The Morgan fingerprint density at radius 1 is 1.26 bits per heavy atom. The second kappa shape index (κ2) is 6.83. The molecule has 0 aromatic heterocycles. The normalized spacial score (nSPS) is 18.3. The summed E-state index contributed by atoms with van der Waals surface area (Å²) in [6.45, 7) is 0.728. The minimum atomic E-state index is -0.167. The van der Waals surface area contributed by atoms with Gasteiger partial charge in [0.1, 0.15) is 11.5 Å². The highest BCUT2D eigenvalue weighted by Gasteiger charge is 2.34. The summed E-state index contributed by atoms with van der Waals surface area (Å²) < 4.78 is 10.7. The summed E-state index contributed by atoms with van der Waals surface area (Å²) in [5, 5.41) is 2.92. The molecule has 1 fully saturated rings. The number of benzene rings is 2. The molecule has 2 aromatic carbocycles. The summed E-state index contributed by atoms with van der Waals surface area (Å²) in [6, 6.07) is 12.9. The number of likely N-dealkylation sites (tertiary alicyclic amines) is 1. The van der Waals surface area contributed by atoms with E-state index in [0.29, 0.717) is 23.7 Å². The fraction of sp³-hybridized carbons (Fsp3) is 0.300.